The van der Waals surface area contributed by atoms with Crippen LogP contribution in [-0.4, -0.2) is 39.4 Å². The van der Waals surface area contributed by atoms with Crippen molar-refractivity contribution in [2.75, 3.05) is 38.3 Å². The molecular formula is C13H19ClN2O. The summed E-state index contributed by atoms with van der Waals surface area (Å²) in [6.45, 7) is 5.72. The van der Waals surface area contributed by atoms with Gasteiger partial charge in [0.1, 0.15) is 0 Å². The standard InChI is InChI=1S/C13H19ClN2O/c1-10-3-4-11(7-13(10)14)16-6-5-15-8-12(16)9-17-2/h3-4,7,12,15H,5-6,8-9H2,1-2H3. The number of nitrogens with one attached hydrogen (secondary N) is 1. The molecule has 0 radical (unpaired) electrons. The molecule has 1 heterocycles. The van der Waals surface area contributed by atoms with Crippen LogP contribution in [0.1, 0.15) is 5.56 Å². The van der Waals surface area contributed by atoms with Crippen molar-refractivity contribution in [2.45, 2.75) is 13.0 Å². The molecule has 3 nitrogen and oxygen atoms in total. The summed E-state index contributed by atoms with van der Waals surface area (Å²) >= 11 is 6.18. The summed E-state index contributed by atoms with van der Waals surface area (Å²) in [6, 6.07) is 6.64. The third-order valence-corrected chi connectivity index (χ3v) is 3.60. The zero-order valence-electron chi connectivity index (χ0n) is 10.4. The van der Waals surface area contributed by atoms with Crippen molar-refractivity contribution in [3.05, 3.63) is 28.8 Å². The van der Waals surface area contributed by atoms with E-state index in [-0.39, 0.29) is 0 Å². The number of ether oxygens (including phenoxy) is 1. The van der Waals surface area contributed by atoms with Crippen LogP contribution in [0.3, 0.4) is 0 Å². The highest BCUT2D eigenvalue weighted by Crippen LogP contribution is 2.25. The van der Waals surface area contributed by atoms with Crippen LogP contribution in [0.5, 0.6) is 0 Å². The minimum atomic E-state index is 0.382. The number of hydrogen-bond acceptors (Lipinski definition) is 3. The third kappa shape index (κ3) is 2.92. The number of halogens is 1. The summed E-state index contributed by atoms with van der Waals surface area (Å²) in [5, 5.41) is 4.22. The van der Waals surface area contributed by atoms with Crippen LogP contribution in [0.4, 0.5) is 5.69 Å². The molecule has 4 heteroatoms. The van der Waals surface area contributed by atoms with Gasteiger partial charge in [-0.1, -0.05) is 17.7 Å². The number of benzene rings is 1. The van der Waals surface area contributed by atoms with Gasteiger partial charge in [0.15, 0.2) is 0 Å². The van der Waals surface area contributed by atoms with Gasteiger partial charge in [0, 0.05) is 37.5 Å². The number of methoxy groups -OCH3 is 1. The molecule has 0 aliphatic carbocycles. The van der Waals surface area contributed by atoms with E-state index in [0.717, 1.165) is 36.8 Å². The Kier molecular flexibility index (Phi) is 4.26. The smallest absolute Gasteiger partial charge is 0.0678 e. The molecule has 1 aliphatic heterocycles. The highest BCUT2D eigenvalue weighted by atomic mass is 35.5. The van der Waals surface area contributed by atoms with Gasteiger partial charge in [0.2, 0.25) is 0 Å². The van der Waals surface area contributed by atoms with E-state index < -0.39 is 0 Å². The van der Waals surface area contributed by atoms with E-state index in [1.165, 1.54) is 5.69 Å². The first-order valence-corrected chi connectivity index (χ1v) is 6.32. The zero-order chi connectivity index (χ0) is 12.3. The lowest BCUT2D eigenvalue weighted by molar-refractivity contribution is 0.170. The average Bonchev–Trinajstić information content (AvgIpc) is 2.34. The van der Waals surface area contributed by atoms with Gasteiger partial charge in [0.05, 0.1) is 12.6 Å². The number of rotatable bonds is 3. The number of nitrogens with zero attached hydrogens (tertiary/aromatic N) is 1. The minimum absolute atomic E-state index is 0.382. The second-order valence-electron chi connectivity index (χ2n) is 4.44. The number of anilines is 1. The molecule has 0 aromatic heterocycles. The third-order valence-electron chi connectivity index (χ3n) is 3.20. The van der Waals surface area contributed by atoms with Gasteiger partial charge >= 0.3 is 0 Å². The second-order valence-corrected chi connectivity index (χ2v) is 4.85. The van der Waals surface area contributed by atoms with Crippen molar-refractivity contribution >= 4 is 17.3 Å². The first-order valence-electron chi connectivity index (χ1n) is 5.95. The maximum atomic E-state index is 6.18. The summed E-state index contributed by atoms with van der Waals surface area (Å²) in [5.41, 5.74) is 2.30. The van der Waals surface area contributed by atoms with Gasteiger partial charge in [-0.15, -0.1) is 0 Å². The minimum Gasteiger partial charge on any atom is -0.383 e. The highest BCUT2D eigenvalue weighted by molar-refractivity contribution is 6.31. The summed E-state index contributed by atoms with van der Waals surface area (Å²) < 4.78 is 5.27. The van der Waals surface area contributed by atoms with Crippen LogP contribution in [0.2, 0.25) is 5.02 Å². The topological polar surface area (TPSA) is 24.5 Å². The molecule has 2 rings (SSSR count). The fourth-order valence-corrected chi connectivity index (χ4v) is 2.38. The fraction of sp³-hybridized carbons (Fsp3) is 0.538. The zero-order valence-corrected chi connectivity index (χ0v) is 11.1. The predicted octanol–water partition coefficient (Wildman–Crippen LogP) is 2.07. The molecule has 0 spiro atoms. The molecule has 0 amide bonds. The first-order chi connectivity index (χ1) is 8.22. The Balaban J connectivity index is 2.20. The van der Waals surface area contributed by atoms with Gasteiger partial charge < -0.3 is 15.0 Å². The Labute approximate surface area is 108 Å². The van der Waals surface area contributed by atoms with Crippen molar-refractivity contribution in [1.29, 1.82) is 0 Å². The van der Waals surface area contributed by atoms with Gasteiger partial charge in [-0.2, -0.15) is 0 Å². The van der Waals surface area contributed by atoms with E-state index >= 15 is 0 Å². The Morgan fingerprint density at radius 3 is 3.06 bits per heavy atom. The van der Waals surface area contributed by atoms with Crippen LogP contribution in [0, 0.1) is 6.92 Å². The van der Waals surface area contributed by atoms with E-state index in [1.807, 2.05) is 13.0 Å². The summed E-state index contributed by atoms with van der Waals surface area (Å²) in [7, 11) is 1.74. The van der Waals surface area contributed by atoms with Gasteiger partial charge in [0.25, 0.3) is 0 Å². The number of aryl methyl sites for hydroxylation is 1. The quantitative estimate of drug-likeness (QED) is 0.894. The van der Waals surface area contributed by atoms with E-state index in [0.29, 0.717) is 6.04 Å². The van der Waals surface area contributed by atoms with E-state index in [2.05, 4.69) is 22.3 Å². The van der Waals surface area contributed by atoms with Crippen LogP contribution in [0.15, 0.2) is 18.2 Å². The van der Waals surface area contributed by atoms with E-state index in [9.17, 15) is 0 Å². The lowest BCUT2D eigenvalue weighted by Crippen LogP contribution is -2.53. The molecule has 1 aromatic rings. The second kappa shape index (κ2) is 5.71. The molecular weight excluding hydrogens is 236 g/mol. The Morgan fingerprint density at radius 2 is 2.35 bits per heavy atom. The molecule has 1 unspecified atom stereocenters. The molecule has 1 atom stereocenters. The Bertz CT molecular complexity index is 382. The van der Waals surface area contributed by atoms with Crippen molar-refractivity contribution in [1.82, 2.24) is 5.32 Å². The van der Waals surface area contributed by atoms with Crippen molar-refractivity contribution in [2.24, 2.45) is 0 Å². The maximum absolute atomic E-state index is 6.18. The van der Waals surface area contributed by atoms with Crippen LogP contribution >= 0.6 is 11.6 Å². The molecule has 1 aromatic carbocycles. The van der Waals surface area contributed by atoms with Gasteiger partial charge in [-0.25, -0.2) is 0 Å². The first kappa shape index (κ1) is 12.7. The molecule has 1 aliphatic rings. The Morgan fingerprint density at radius 1 is 1.53 bits per heavy atom. The van der Waals surface area contributed by atoms with E-state index in [1.54, 1.807) is 7.11 Å². The van der Waals surface area contributed by atoms with E-state index in [4.69, 9.17) is 16.3 Å². The number of piperazine rings is 1. The molecule has 17 heavy (non-hydrogen) atoms. The summed E-state index contributed by atoms with van der Waals surface area (Å²) in [4.78, 5) is 2.37. The molecule has 1 N–H and O–H groups in total. The molecule has 0 bridgehead atoms. The SMILES string of the molecule is COCC1CNCCN1c1ccc(C)c(Cl)c1. The van der Waals surface area contributed by atoms with Crippen LogP contribution in [-0.2, 0) is 4.74 Å². The van der Waals surface area contributed by atoms with Gasteiger partial charge in [-0.3, -0.25) is 0 Å². The van der Waals surface area contributed by atoms with Crippen molar-refractivity contribution < 1.29 is 4.74 Å². The van der Waals surface area contributed by atoms with Crippen LogP contribution < -0.4 is 10.2 Å². The average molecular weight is 255 g/mol. The monoisotopic (exact) mass is 254 g/mol. The van der Waals surface area contributed by atoms with Gasteiger partial charge in [-0.05, 0) is 24.6 Å². The molecule has 0 saturated carbocycles. The summed E-state index contributed by atoms with van der Waals surface area (Å²) in [6.07, 6.45) is 0. The largest absolute Gasteiger partial charge is 0.383 e. The van der Waals surface area contributed by atoms with Crippen LogP contribution in [0.25, 0.3) is 0 Å². The molecule has 1 fully saturated rings. The lowest BCUT2D eigenvalue weighted by Gasteiger charge is -2.37. The summed E-state index contributed by atoms with van der Waals surface area (Å²) in [5.74, 6) is 0. The Hall–Kier alpha value is -0.770. The molecule has 1 saturated heterocycles. The van der Waals surface area contributed by atoms with Crippen molar-refractivity contribution in [3.63, 3.8) is 0 Å². The lowest BCUT2D eigenvalue weighted by atomic mass is 10.1. The predicted molar refractivity (Wildman–Crippen MR) is 72.1 cm³/mol. The maximum Gasteiger partial charge on any atom is 0.0678 e. The van der Waals surface area contributed by atoms with Crippen molar-refractivity contribution in [3.8, 4) is 0 Å². The normalized spacial score (nSPS) is 20.6. The fourth-order valence-electron chi connectivity index (χ4n) is 2.20. The molecule has 94 valence electrons. The highest BCUT2D eigenvalue weighted by Gasteiger charge is 2.22. The number of hydrogen-bond donors (Lipinski definition) is 1.